The van der Waals surface area contributed by atoms with Crippen molar-refractivity contribution in [2.24, 2.45) is 5.92 Å². The zero-order chi connectivity index (χ0) is 14.4. The fraction of sp³-hybridized carbons (Fsp3) is 0.438. The number of likely N-dealkylation sites (tertiary alicyclic amines) is 1. The molecule has 0 bridgehead atoms. The van der Waals surface area contributed by atoms with E-state index in [1.807, 2.05) is 17.2 Å². The Kier molecular flexibility index (Phi) is 2.80. The lowest BCUT2D eigenvalue weighted by molar-refractivity contribution is -0.133. The minimum atomic E-state index is 0.189. The molecule has 2 unspecified atom stereocenters. The van der Waals surface area contributed by atoms with Crippen molar-refractivity contribution >= 4 is 22.5 Å². The van der Waals surface area contributed by atoms with Gasteiger partial charge in [-0.05, 0) is 30.9 Å². The first-order chi connectivity index (χ1) is 10.3. The molecule has 1 amide bonds. The Hall–Kier alpha value is -2.17. The molecule has 2 aromatic heterocycles. The molecule has 4 rings (SSSR count). The van der Waals surface area contributed by atoms with Gasteiger partial charge in [0.15, 0.2) is 0 Å². The molecule has 2 aliphatic rings. The van der Waals surface area contributed by atoms with Crippen LogP contribution in [0.1, 0.15) is 31.9 Å². The van der Waals surface area contributed by atoms with Crippen LogP contribution >= 0.6 is 0 Å². The molecule has 1 aliphatic carbocycles. The third kappa shape index (κ3) is 1.87. The molecule has 5 nitrogen and oxygen atoms in total. The molecule has 1 aliphatic heterocycles. The van der Waals surface area contributed by atoms with Gasteiger partial charge in [-0.15, -0.1) is 0 Å². The molecule has 0 spiro atoms. The lowest BCUT2D eigenvalue weighted by atomic mass is 9.85. The van der Waals surface area contributed by atoms with Crippen LogP contribution in [0.2, 0.25) is 0 Å². The van der Waals surface area contributed by atoms with Crippen LogP contribution in [-0.2, 0) is 4.79 Å². The van der Waals surface area contributed by atoms with Crippen molar-refractivity contribution in [3.05, 3.63) is 30.4 Å². The summed E-state index contributed by atoms with van der Waals surface area (Å²) in [6.07, 6.45) is 8.93. The highest BCUT2D eigenvalue weighted by Gasteiger charge is 2.39. The first-order valence-electron chi connectivity index (χ1n) is 7.51. The van der Waals surface area contributed by atoms with Crippen LogP contribution in [0.25, 0.3) is 16.6 Å². The number of H-pyrrole nitrogens is 1. The van der Waals surface area contributed by atoms with E-state index in [9.17, 15) is 4.79 Å². The topological polar surface area (TPSA) is 61.9 Å². The number of aromatic nitrogens is 3. The summed E-state index contributed by atoms with van der Waals surface area (Å²) in [5, 5.41) is 1.07. The summed E-state index contributed by atoms with van der Waals surface area (Å²) in [5.74, 6) is 0.601. The van der Waals surface area contributed by atoms with Crippen LogP contribution in [0.3, 0.4) is 0 Å². The highest BCUT2D eigenvalue weighted by Crippen LogP contribution is 2.42. The van der Waals surface area contributed by atoms with Crippen molar-refractivity contribution < 1.29 is 4.79 Å². The van der Waals surface area contributed by atoms with Crippen molar-refractivity contribution in [1.29, 1.82) is 0 Å². The average molecular weight is 282 g/mol. The van der Waals surface area contributed by atoms with Gasteiger partial charge < -0.3 is 9.88 Å². The molecule has 1 N–H and O–H groups in total. The van der Waals surface area contributed by atoms with E-state index in [0.717, 1.165) is 42.5 Å². The van der Waals surface area contributed by atoms with E-state index in [1.54, 1.807) is 13.3 Å². The Labute approximate surface area is 123 Å². The number of aromatic amines is 1. The number of amides is 1. The number of hydrogen-bond acceptors (Lipinski definition) is 3. The maximum Gasteiger partial charge on any atom is 0.219 e. The smallest absolute Gasteiger partial charge is 0.219 e. The lowest BCUT2D eigenvalue weighted by Crippen LogP contribution is -2.45. The second-order valence-corrected chi connectivity index (χ2v) is 5.89. The summed E-state index contributed by atoms with van der Waals surface area (Å²) >= 11 is 0. The van der Waals surface area contributed by atoms with Crippen molar-refractivity contribution in [1.82, 2.24) is 19.9 Å². The Morgan fingerprint density at radius 3 is 3.19 bits per heavy atom. The predicted molar refractivity (Wildman–Crippen MR) is 80.4 cm³/mol. The SMILES string of the molecule is CC(=O)N1CCCC2C(c3ncnc4[nH]ccc34)=CCC21. The van der Waals surface area contributed by atoms with Crippen molar-refractivity contribution in [2.75, 3.05) is 6.54 Å². The number of piperidine rings is 1. The minimum Gasteiger partial charge on any atom is -0.346 e. The van der Waals surface area contributed by atoms with Crippen LogP contribution in [-0.4, -0.2) is 38.3 Å². The molecule has 1 saturated heterocycles. The van der Waals surface area contributed by atoms with E-state index in [0.29, 0.717) is 12.0 Å². The molecule has 0 radical (unpaired) electrons. The summed E-state index contributed by atoms with van der Waals surface area (Å²) in [4.78, 5) is 25.8. The summed E-state index contributed by atoms with van der Waals surface area (Å²) in [7, 11) is 0. The number of carbonyl (C=O) groups is 1. The second kappa shape index (κ2) is 4.69. The van der Waals surface area contributed by atoms with Crippen LogP contribution in [0.4, 0.5) is 0 Å². The number of hydrogen-bond donors (Lipinski definition) is 1. The zero-order valence-corrected chi connectivity index (χ0v) is 12.0. The van der Waals surface area contributed by atoms with Gasteiger partial charge in [0.25, 0.3) is 0 Å². The van der Waals surface area contributed by atoms with Crippen molar-refractivity contribution in [2.45, 2.75) is 32.2 Å². The average Bonchev–Trinajstić information content (AvgIpc) is 3.12. The quantitative estimate of drug-likeness (QED) is 0.873. The number of carbonyl (C=O) groups excluding carboxylic acids is 1. The summed E-state index contributed by atoms with van der Waals surface area (Å²) in [6.45, 7) is 2.57. The van der Waals surface area contributed by atoms with E-state index in [4.69, 9.17) is 0 Å². The zero-order valence-electron chi connectivity index (χ0n) is 12.0. The van der Waals surface area contributed by atoms with Gasteiger partial charge in [-0.25, -0.2) is 9.97 Å². The van der Waals surface area contributed by atoms with Gasteiger partial charge in [0.2, 0.25) is 5.91 Å². The summed E-state index contributed by atoms with van der Waals surface area (Å²) < 4.78 is 0. The van der Waals surface area contributed by atoms with Crippen LogP contribution < -0.4 is 0 Å². The van der Waals surface area contributed by atoms with Gasteiger partial charge >= 0.3 is 0 Å². The van der Waals surface area contributed by atoms with E-state index in [-0.39, 0.29) is 5.91 Å². The number of nitrogens with one attached hydrogen (secondary N) is 1. The highest BCUT2D eigenvalue weighted by atomic mass is 16.2. The predicted octanol–water partition coefficient (Wildman–Crippen LogP) is 2.37. The molecule has 3 heterocycles. The van der Waals surface area contributed by atoms with Crippen molar-refractivity contribution in [3.63, 3.8) is 0 Å². The van der Waals surface area contributed by atoms with Gasteiger partial charge in [0, 0.05) is 37.0 Å². The molecular weight excluding hydrogens is 264 g/mol. The maximum atomic E-state index is 11.8. The number of fused-ring (bicyclic) bond motifs is 2. The fourth-order valence-electron chi connectivity index (χ4n) is 3.88. The normalized spacial score (nSPS) is 25.0. The Balaban J connectivity index is 1.74. The van der Waals surface area contributed by atoms with Crippen LogP contribution in [0, 0.1) is 5.92 Å². The van der Waals surface area contributed by atoms with E-state index in [1.165, 1.54) is 5.57 Å². The van der Waals surface area contributed by atoms with E-state index >= 15 is 0 Å². The molecule has 21 heavy (non-hydrogen) atoms. The van der Waals surface area contributed by atoms with Gasteiger partial charge in [-0.3, -0.25) is 4.79 Å². The monoisotopic (exact) mass is 282 g/mol. The van der Waals surface area contributed by atoms with Gasteiger partial charge in [0.05, 0.1) is 5.69 Å². The summed E-state index contributed by atoms with van der Waals surface area (Å²) in [5.41, 5.74) is 3.20. The third-order valence-corrected chi connectivity index (χ3v) is 4.79. The first kappa shape index (κ1) is 12.6. The Bertz CT molecular complexity index is 733. The maximum absolute atomic E-state index is 11.8. The van der Waals surface area contributed by atoms with E-state index in [2.05, 4.69) is 21.0 Å². The Morgan fingerprint density at radius 1 is 1.43 bits per heavy atom. The third-order valence-electron chi connectivity index (χ3n) is 4.79. The molecule has 0 saturated carbocycles. The fourth-order valence-corrected chi connectivity index (χ4v) is 3.88. The minimum absolute atomic E-state index is 0.189. The lowest BCUT2D eigenvalue weighted by Gasteiger charge is -2.38. The van der Waals surface area contributed by atoms with Crippen LogP contribution in [0.15, 0.2) is 24.7 Å². The highest BCUT2D eigenvalue weighted by molar-refractivity contribution is 5.89. The molecule has 1 fully saturated rings. The largest absolute Gasteiger partial charge is 0.346 e. The van der Waals surface area contributed by atoms with Gasteiger partial charge in [-0.1, -0.05) is 6.08 Å². The molecular formula is C16H18N4O. The molecule has 2 aromatic rings. The van der Waals surface area contributed by atoms with E-state index < -0.39 is 0 Å². The van der Waals surface area contributed by atoms with Gasteiger partial charge in [0.1, 0.15) is 12.0 Å². The van der Waals surface area contributed by atoms with Gasteiger partial charge in [-0.2, -0.15) is 0 Å². The molecule has 2 atom stereocenters. The molecule has 0 aromatic carbocycles. The Morgan fingerprint density at radius 2 is 2.33 bits per heavy atom. The van der Waals surface area contributed by atoms with Crippen molar-refractivity contribution in [3.8, 4) is 0 Å². The first-order valence-corrected chi connectivity index (χ1v) is 7.51. The summed E-state index contributed by atoms with van der Waals surface area (Å²) in [6, 6.07) is 2.35. The molecule has 108 valence electrons. The standard InChI is InChI=1S/C16H18N4O/c1-10(21)20-8-2-3-11-12(4-5-14(11)20)15-13-6-7-17-16(13)19-9-18-15/h4,6-7,9,11,14H,2-3,5,8H2,1H3,(H,17,18,19). The second-order valence-electron chi connectivity index (χ2n) is 5.89. The van der Waals surface area contributed by atoms with Crippen LogP contribution in [0.5, 0.6) is 0 Å². The number of rotatable bonds is 1. The number of nitrogens with zero attached hydrogens (tertiary/aromatic N) is 3. The molecule has 5 heteroatoms.